The van der Waals surface area contributed by atoms with Gasteiger partial charge in [0.1, 0.15) is 11.6 Å². The third-order valence-corrected chi connectivity index (χ3v) is 6.61. The number of morpholine rings is 1. The second-order valence-electron chi connectivity index (χ2n) is 9.04. The van der Waals surface area contributed by atoms with E-state index in [1.165, 1.54) is 23.9 Å². The fourth-order valence-corrected chi connectivity index (χ4v) is 4.67. The third kappa shape index (κ3) is 6.98. The molecule has 1 unspecified atom stereocenters. The lowest BCUT2D eigenvalue weighted by Crippen LogP contribution is -2.36. The van der Waals surface area contributed by atoms with E-state index in [0.29, 0.717) is 29.2 Å². The first kappa shape index (κ1) is 26.0. The van der Waals surface area contributed by atoms with Gasteiger partial charge in [-0.25, -0.2) is 4.39 Å². The number of halogens is 1. The number of nitrogens with zero attached hydrogens (tertiary/aromatic N) is 4. The van der Waals surface area contributed by atoms with E-state index >= 15 is 0 Å². The number of benzene rings is 2. The summed E-state index contributed by atoms with van der Waals surface area (Å²) in [6, 6.07) is 13.8. The van der Waals surface area contributed by atoms with Gasteiger partial charge in [0.25, 0.3) is 0 Å². The number of ether oxygens (including phenoxy) is 2. The van der Waals surface area contributed by atoms with Crippen LogP contribution in [0.5, 0.6) is 5.75 Å². The molecule has 4 rings (SSSR count). The number of thioether (sulfide) groups is 1. The number of anilines is 2. The Hall–Kier alpha value is -3.11. The van der Waals surface area contributed by atoms with Crippen molar-refractivity contribution in [2.75, 3.05) is 42.3 Å². The number of hydrogen-bond donors (Lipinski definition) is 1. The number of rotatable bonds is 10. The molecule has 2 heterocycles. The lowest BCUT2D eigenvalue weighted by Gasteiger charge is -2.28. The lowest BCUT2D eigenvalue weighted by molar-refractivity contribution is -0.113. The van der Waals surface area contributed by atoms with Gasteiger partial charge < -0.3 is 24.3 Å². The molecule has 0 saturated carbocycles. The Bertz CT molecular complexity index is 1130. The molecule has 1 N–H and O–H groups in total. The van der Waals surface area contributed by atoms with E-state index in [4.69, 9.17) is 9.47 Å². The quantitative estimate of drug-likeness (QED) is 0.391. The highest BCUT2D eigenvalue weighted by Crippen LogP contribution is 2.26. The average Bonchev–Trinajstić information content (AvgIpc) is 3.27. The summed E-state index contributed by atoms with van der Waals surface area (Å²) in [5.41, 5.74) is 1.88. The zero-order chi connectivity index (χ0) is 25.5. The van der Waals surface area contributed by atoms with Gasteiger partial charge >= 0.3 is 0 Å². The van der Waals surface area contributed by atoms with Gasteiger partial charge in [0.05, 0.1) is 19.0 Å². The summed E-state index contributed by atoms with van der Waals surface area (Å²) in [6.45, 7) is 9.99. The summed E-state index contributed by atoms with van der Waals surface area (Å²) < 4.78 is 26.6. The Labute approximate surface area is 215 Å². The molecule has 3 aromatic rings. The van der Waals surface area contributed by atoms with E-state index in [2.05, 4.69) is 34.3 Å². The van der Waals surface area contributed by atoms with Crippen molar-refractivity contribution >= 4 is 29.0 Å². The van der Waals surface area contributed by atoms with E-state index < -0.39 is 6.10 Å². The Morgan fingerprint density at radius 1 is 1.08 bits per heavy atom. The second kappa shape index (κ2) is 12.2. The molecule has 1 aliphatic rings. The van der Waals surface area contributed by atoms with Crippen molar-refractivity contribution in [2.24, 2.45) is 5.92 Å². The van der Waals surface area contributed by atoms with Gasteiger partial charge in [-0.3, -0.25) is 4.79 Å². The van der Waals surface area contributed by atoms with Crippen LogP contribution in [0.2, 0.25) is 0 Å². The largest absolute Gasteiger partial charge is 0.483 e. The Balaban J connectivity index is 1.36. The molecule has 1 aliphatic heterocycles. The van der Waals surface area contributed by atoms with Crippen molar-refractivity contribution in [3.05, 3.63) is 60.2 Å². The molecule has 0 aliphatic carbocycles. The van der Waals surface area contributed by atoms with E-state index in [-0.39, 0.29) is 17.5 Å². The van der Waals surface area contributed by atoms with Gasteiger partial charge in [0.15, 0.2) is 17.1 Å². The van der Waals surface area contributed by atoms with Crippen LogP contribution in [0, 0.1) is 11.7 Å². The molecule has 36 heavy (non-hydrogen) atoms. The SMILES string of the molecule is CC(C)Cn1c(SCC(=O)Nc2ccc(N3CCOCC3)cc2)nnc1C(C)Oc1ccc(F)cc1. The van der Waals surface area contributed by atoms with Crippen molar-refractivity contribution in [2.45, 2.75) is 38.6 Å². The van der Waals surface area contributed by atoms with Gasteiger partial charge in [-0.2, -0.15) is 0 Å². The Kier molecular flexibility index (Phi) is 8.82. The van der Waals surface area contributed by atoms with Crippen molar-refractivity contribution < 1.29 is 18.7 Å². The molecule has 1 atom stereocenters. The summed E-state index contributed by atoms with van der Waals surface area (Å²) in [4.78, 5) is 14.9. The topological polar surface area (TPSA) is 81.5 Å². The zero-order valence-electron chi connectivity index (χ0n) is 20.8. The van der Waals surface area contributed by atoms with Crippen LogP contribution in [-0.4, -0.2) is 52.7 Å². The van der Waals surface area contributed by atoms with Crippen LogP contribution in [0.1, 0.15) is 32.7 Å². The molecule has 192 valence electrons. The molecular formula is C26H32FN5O3S. The minimum atomic E-state index is -0.394. The minimum absolute atomic E-state index is 0.115. The van der Waals surface area contributed by atoms with Crippen LogP contribution < -0.4 is 15.0 Å². The molecule has 1 saturated heterocycles. The van der Waals surface area contributed by atoms with Crippen molar-refractivity contribution in [3.8, 4) is 5.75 Å². The first-order chi connectivity index (χ1) is 17.4. The summed E-state index contributed by atoms with van der Waals surface area (Å²) in [7, 11) is 0. The van der Waals surface area contributed by atoms with Crippen molar-refractivity contribution in [1.29, 1.82) is 0 Å². The molecule has 8 nitrogen and oxygen atoms in total. The fraction of sp³-hybridized carbons (Fsp3) is 0.423. The summed E-state index contributed by atoms with van der Waals surface area (Å²) in [5.74, 6) is 1.33. The van der Waals surface area contributed by atoms with Crippen molar-refractivity contribution in [3.63, 3.8) is 0 Å². The maximum atomic E-state index is 13.2. The van der Waals surface area contributed by atoms with E-state index in [1.54, 1.807) is 12.1 Å². The number of amides is 1. The normalized spacial score (nSPS) is 14.6. The first-order valence-corrected chi connectivity index (χ1v) is 13.1. The zero-order valence-corrected chi connectivity index (χ0v) is 21.6. The standard InChI is InChI=1S/C26H32FN5O3S/c1-18(2)16-32-25(19(3)35-23-10-4-20(27)5-11-23)29-30-26(32)36-17-24(33)28-21-6-8-22(9-7-21)31-12-14-34-15-13-31/h4-11,18-19H,12-17H2,1-3H3,(H,28,33). The van der Waals surface area contributed by atoms with Crippen molar-refractivity contribution in [1.82, 2.24) is 14.8 Å². The summed E-state index contributed by atoms with van der Waals surface area (Å²) in [6.07, 6.45) is -0.394. The molecule has 0 spiro atoms. The lowest BCUT2D eigenvalue weighted by atomic mass is 10.2. The molecular weight excluding hydrogens is 481 g/mol. The molecule has 1 aromatic heterocycles. The maximum absolute atomic E-state index is 13.2. The van der Waals surface area contributed by atoms with Crippen LogP contribution in [0.15, 0.2) is 53.7 Å². The van der Waals surface area contributed by atoms with Crippen LogP contribution in [0.4, 0.5) is 15.8 Å². The van der Waals surface area contributed by atoms with Crippen LogP contribution in [0.25, 0.3) is 0 Å². The van der Waals surface area contributed by atoms with Crippen LogP contribution >= 0.6 is 11.8 Å². The van der Waals surface area contributed by atoms with Crippen LogP contribution in [-0.2, 0) is 16.1 Å². The van der Waals surface area contributed by atoms with E-state index in [9.17, 15) is 9.18 Å². The third-order valence-electron chi connectivity index (χ3n) is 5.64. The van der Waals surface area contributed by atoms with E-state index in [1.807, 2.05) is 35.8 Å². The summed E-state index contributed by atoms with van der Waals surface area (Å²) in [5, 5.41) is 12.3. The molecule has 0 bridgehead atoms. The average molecular weight is 514 g/mol. The Morgan fingerprint density at radius 2 is 1.78 bits per heavy atom. The molecule has 0 radical (unpaired) electrons. The predicted molar refractivity (Wildman–Crippen MR) is 139 cm³/mol. The number of hydrogen-bond acceptors (Lipinski definition) is 7. The predicted octanol–water partition coefficient (Wildman–Crippen LogP) is 4.78. The number of carbonyl (C=O) groups is 1. The summed E-state index contributed by atoms with van der Waals surface area (Å²) >= 11 is 1.34. The van der Waals surface area contributed by atoms with Gasteiger partial charge in [-0.05, 0) is 61.4 Å². The first-order valence-electron chi connectivity index (χ1n) is 12.1. The highest BCUT2D eigenvalue weighted by atomic mass is 32.2. The highest BCUT2D eigenvalue weighted by Gasteiger charge is 2.21. The van der Waals surface area contributed by atoms with E-state index in [0.717, 1.165) is 37.7 Å². The maximum Gasteiger partial charge on any atom is 0.234 e. The molecule has 1 amide bonds. The fourth-order valence-electron chi connectivity index (χ4n) is 3.92. The highest BCUT2D eigenvalue weighted by molar-refractivity contribution is 7.99. The van der Waals surface area contributed by atoms with Gasteiger partial charge in [0.2, 0.25) is 5.91 Å². The van der Waals surface area contributed by atoms with Gasteiger partial charge in [0, 0.05) is 31.0 Å². The number of carbonyl (C=O) groups excluding carboxylic acids is 1. The van der Waals surface area contributed by atoms with Crippen LogP contribution in [0.3, 0.4) is 0 Å². The molecule has 2 aromatic carbocycles. The van der Waals surface area contributed by atoms with Gasteiger partial charge in [-0.15, -0.1) is 10.2 Å². The Morgan fingerprint density at radius 3 is 2.44 bits per heavy atom. The number of aromatic nitrogens is 3. The second-order valence-corrected chi connectivity index (χ2v) is 9.98. The monoisotopic (exact) mass is 513 g/mol. The molecule has 1 fully saturated rings. The molecule has 10 heteroatoms. The number of nitrogens with one attached hydrogen (secondary N) is 1. The smallest absolute Gasteiger partial charge is 0.234 e. The minimum Gasteiger partial charge on any atom is -0.483 e. The van der Waals surface area contributed by atoms with Gasteiger partial charge in [-0.1, -0.05) is 25.6 Å².